The molecule has 0 spiro atoms. The summed E-state index contributed by atoms with van der Waals surface area (Å²) in [6, 6.07) is 11.8. The summed E-state index contributed by atoms with van der Waals surface area (Å²) in [7, 11) is 1.62. The summed E-state index contributed by atoms with van der Waals surface area (Å²) in [5.41, 5.74) is 8.09. The maximum atomic E-state index is 13.9. The maximum Gasteiger partial charge on any atom is 0.125 e. The molecule has 0 aromatic heterocycles. The van der Waals surface area contributed by atoms with Crippen molar-refractivity contribution in [3.8, 4) is 0 Å². The number of nitrogens with two attached hydrogens (primary N) is 1. The van der Waals surface area contributed by atoms with E-state index in [-0.39, 0.29) is 5.82 Å². The number of rotatable bonds is 4. The average molecular weight is 383 g/mol. The van der Waals surface area contributed by atoms with Crippen molar-refractivity contribution in [2.45, 2.75) is 0 Å². The quantitative estimate of drug-likeness (QED) is 0.744. The van der Waals surface area contributed by atoms with Gasteiger partial charge >= 0.3 is 0 Å². The summed E-state index contributed by atoms with van der Waals surface area (Å²) in [6.45, 7) is 0. The minimum atomic E-state index is -0.368. The van der Waals surface area contributed by atoms with Gasteiger partial charge in [-0.3, -0.25) is 4.99 Å². The van der Waals surface area contributed by atoms with Crippen LogP contribution in [0.15, 0.2) is 58.1 Å². The van der Waals surface area contributed by atoms with Gasteiger partial charge < -0.3 is 11.1 Å². The van der Waals surface area contributed by atoms with E-state index in [1.807, 2.05) is 12.1 Å². The molecule has 0 unspecified atom stereocenters. The molecule has 2 rings (SSSR count). The smallest absolute Gasteiger partial charge is 0.125 e. The Morgan fingerprint density at radius 2 is 1.91 bits per heavy atom. The Bertz CT molecular complexity index is 727. The summed E-state index contributed by atoms with van der Waals surface area (Å²) in [6.07, 6.45) is 1.37. The van der Waals surface area contributed by atoms with Crippen molar-refractivity contribution in [3.63, 3.8) is 0 Å². The fourth-order valence-corrected chi connectivity index (χ4v) is 2.48. The Morgan fingerprint density at radius 3 is 2.50 bits per heavy atom. The van der Waals surface area contributed by atoms with Crippen LogP contribution in [0.25, 0.3) is 0 Å². The van der Waals surface area contributed by atoms with E-state index in [0.29, 0.717) is 26.5 Å². The van der Waals surface area contributed by atoms with Crippen molar-refractivity contribution in [1.29, 1.82) is 0 Å². The maximum absolute atomic E-state index is 13.9. The number of aliphatic imine (C=N–C) groups is 1. The van der Waals surface area contributed by atoms with E-state index in [1.54, 1.807) is 25.2 Å². The highest BCUT2D eigenvalue weighted by molar-refractivity contribution is 9.12. The molecule has 22 heavy (non-hydrogen) atoms. The second-order valence-corrected chi connectivity index (χ2v) is 5.74. The number of halogens is 3. The zero-order chi connectivity index (χ0) is 16.1. The number of allylic oxidation sites excluding steroid dienone is 1. The zero-order valence-corrected chi connectivity index (χ0v) is 14.1. The van der Waals surface area contributed by atoms with Crippen LogP contribution in [0.3, 0.4) is 0 Å². The van der Waals surface area contributed by atoms with E-state index in [0.717, 1.165) is 5.69 Å². The van der Waals surface area contributed by atoms with Crippen LogP contribution >= 0.6 is 27.5 Å². The predicted molar refractivity (Wildman–Crippen MR) is 94.8 cm³/mol. The monoisotopic (exact) mass is 381 g/mol. The molecule has 0 atom stereocenters. The molecule has 3 N–H and O–H groups in total. The van der Waals surface area contributed by atoms with Crippen LogP contribution in [0.2, 0.25) is 5.02 Å². The van der Waals surface area contributed by atoms with Crippen LogP contribution in [0.4, 0.5) is 15.8 Å². The molecular formula is C16H14BrClFN3. The van der Waals surface area contributed by atoms with E-state index in [9.17, 15) is 4.39 Å². The largest absolute Gasteiger partial charge is 0.404 e. The standard InChI is InChI=1S/C16H14BrClFN3/c1-21-16(15(17)9-20)10-6-12(19)8-14(7-10)22-13-4-2-11(18)3-5-13/h2-9,22H,20H2,1H3. The fourth-order valence-electron chi connectivity index (χ4n) is 1.95. The van der Waals surface area contributed by atoms with E-state index in [1.165, 1.54) is 18.3 Å². The van der Waals surface area contributed by atoms with Crippen molar-refractivity contribution in [2.24, 2.45) is 10.7 Å². The lowest BCUT2D eigenvalue weighted by atomic mass is 10.1. The first-order chi connectivity index (χ1) is 10.5. The highest BCUT2D eigenvalue weighted by atomic mass is 79.9. The molecule has 0 heterocycles. The summed E-state index contributed by atoms with van der Waals surface area (Å²) >= 11 is 9.16. The van der Waals surface area contributed by atoms with Gasteiger partial charge in [-0.1, -0.05) is 11.6 Å². The topological polar surface area (TPSA) is 50.4 Å². The van der Waals surface area contributed by atoms with Gasteiger partial charge in [-0.25, -0.2) is 4.39 Å². The van der Waals surface area contributed by atoms with Crippen LogP contribution in [-0.2, 0) is 0 Å². The SMILES string of the molecule is CN=C(C(Br)=CN)c1cc(F)cc(Nc2ccc(Cl)cc2)c1. The van der Waals surface area contributed by atoms with Crippen LogP contribution in [0.5, 0.6) is 0 Å². The second kappa shape index (κ2) is 7.42. The number of nitrogens with zero attached hydrogens (tertiary/aromatic N) is 1. The lowest BCUT2D eigenvalue weighted by Crippen LogP contribution is -2.04. The number of anilines is 2. The summed E-state index contributed by atoms with van der Waals surface area (Å²) in [5.74, 6) is -0.368. The Kier molecular flexibility index (Phi) is 5.57. The second-order valence-electron chi connectivity index (χ2n) is 4.45. The first-order valence-corrected chi connectivity index (χ1v) is 7.58. The Hall–Kier alpha value is -1.85. The first kappa shape index (κ1) is 16.5. The third-order valence-corrected chi connectivity index (χ3v) is 3.79. The average Bonchev–Trinajstić information content (AvgIpc) is 2.49. The van der Waals surface area contributed by atoms with Crippen molar-refractivity contribution < 1.29 is 4.39 Å². The zero-order valence-electron chi connectivity index (χ0n) is 11.8. The van der Waals surface area contributed by atoms with E-state index in [4.69, 9.17) is 17.3 Å². The van der Waals surface area contributed by atoms with E-state index >= 15 is 0 Å². The van der Waals surface area contributed by atoms with Crippen molar-refractivity contribution in [3.05, 3.63) is 69.6 Å². The molecule has 114 valence electrons. The van der Waals surface area contributed by atoms with Crippen LogP contribution in [0, 0.1) is 5.82 Å². The number of hydrogen-bond acceptors (Lipinski definition) is 3. The van der Waals surface area contributed by atoms with Gasteiger partial charge in [0.25, 0.3) is 0 Å². The van der Waals surface area contributed by atoms with Gasteiger partial charge in [0.15, 0.2) is 0 Å². The molecule has 2 aromatic rings. The highest BCUT2D eigenvalue weighted by Gasteiger charge is 2.10. The lowest BCUT2D eigenvalue weighted by molar-refractivity contribution is 0.628. The normalized spacial score (nSPS) is 12.4. The molecule has 0 aliphatic heterocycles. The third kappa shape index (κ3) is 4.08. The van der Waals surface area contributed by atoms with Crippen molar-refractivity contribution >= 4 is 44.6 Å². The molecule has 2 aromatic carbocycles. The molecule has 0 amide bonds. The molecule has 0 aliphatic carbocycles. The van der Waals surface area contributed by atoms with Crippen LogP contribution < -0.4 is 11.1 Å². The van der Waals surface area contributed by atoms with Crippen LogP contribution in [0.1, 0.15) is 5.56 Å². The number of benzene rings is 2. The van der Waals surface area contributed by atoms with Gasteiger partial charge in [0.05, 0.1) is 10.2 Å². The molecule has 0 radical (unpaired) electrons. The van der Waals surface area contributed by atoms with Crippen molar-refractivity contribution in [2.75, 3.05) is 12.4 Å². The van der Waals surface area contributed by atoms with Crippen molar-refractivity contribution in [1.82, 2.24) is 0 Å². The van der Waals surface area contributed by atoms with Gasteiger partial charge in [-0.05, 0) is 58.4 Å². The van der Waals surface area contributed by atoms with E-state index in [2.05, 4.69) is 26.2 Å². The molecule has 0 bridgehead atoms. The molecule has 0 saturated carbocycles. The third-order valence-electron chi connectivity index (χ3n) is 2.90. The van der Waals surface area contributed by atoms with Gasteiger partial charge in [-0.2, -0.15) is 0 Å². The molecule has 0 aliphatic rings. The molecule has 3 nitrogen and oxygen atoms in total. The Balaban J connectivity index is 2.36. The number of hydrogen-bond donors (Lipinski definition) is 2. The first-order valence-electron chi connectivity index (χ1n) is 6.41. The summed E-state index contributed by atoms with van der Waals surface area (Å²) < 4.78 is 14.5. The Labute approximate surface area is 141 Å². The highest BCUT2D eigenvalue weighted by Crippen LogP contribution is 2.23. The lowest BCUT2D eigenvalue weighted by Gasteiger charge is -2.10. The Morgan fingerprint density at radius 1 is 1.23 bits per heavy atom. The van der Waals surface area contributed by atoms with Gasteiger partial charge in [-0.15, -0.1) is 0 Å². The van der Waals surface area contributed by atoms with Gasteiger partial charge in [0, 0.05) is 35.2 Å². The molecule has 0 saturated heterocycles. The molecule has 0 fully saturated rings. The minimum Gasteiger partial charge on any atom is -0.404 e. The predicted octanol–water partition coefficient (Wildman–Crippen LogP) is 4.84. The van der Waals surface area contributed by atoms with Crippen LogP contribution in [-0.4, -0.2) is 12.8 Å². The molecular weight excluding hydrogens is 369 g/mol. The summed E-state index contributed by atoms with van der Waals surface area (Å²) in [4.78, 5) is 4.14. The number of nitrogens with one attached hydrogen (secondary N) is 1. The van der Waals surface area contributed by atoms with E-state index < -0.39 is 0 Å². The van der Waals surface area contributed by atoms with Gasteiger partial charge in [0.1, 0.15) is 5.82 Å². The fraction of sp³-hybridized carbons (Fsp3) is 0.0625. The summed E-state index contributed by atoms with van der Waals surface area (Å²) in [5, 5.41) is 3.77. The minimum absolute atomic E-state index is 0.368. The van der Waals surface area contributed by atoms with Gasteiger partial charge in [0.2, 0.25) is 0 Å². The molecule has 6 heteroatoms.